The van der Waals surface area contributed by atoms with Crippen molar-refractivity contribution in [3.63, 3.8) is 0 Å². The molecule has 0 heterocycles. The molecule has 4 aliphatic carbocycles. The average Bonchev–Trinajstić information content (AvgIpc) is 2.79. The first-order valence-corrected chi connectivity index (χ1v) is 8.64. The lowest BCUT2D eigenvalue weighted by atomic mass is 9.55. The van der Waals surface area contributed by atoms with Gasteiger partial charge in [-0.2, -0.15) is 0 Å². The zero-order valence-electron chi connectivity index (χ0n) is 13.3. The maximum atomic E-state index is 11.7. The van der Waals surface area contributed by atoms with Crippen molar-refractivity contribution in [2.75, 3.05) is 0 Å². The van der Waals surface area contributed by atoms with Gasteiger partial charge in [0.2, 0.25) is 0 Å². The predicted octanol–water partition coefficient (Wildman–Crippen LogP) is 3.56. The molecule has 0 aromatic heterocycles. The summed E-state index contributed by atoms with van der Waals surface area (Å²) >= 11 is 0. The summed E-state index contributed by atoms with van der Waals surface area (Å²) in [5.74, 6) is 4.09. The van der Waals surface area contributed by atoms with Crippen LogP contribution < -0.4 is 0 Å². The van der Waals surface area contributed by atoms with Gasteiger partial charge in [-0.1, -0.05) is 18.4 Å². The summed E-state index contributed by atoms with van der Waals surface area (Å²) in [5.41, 5.74) is 3.31. The summed E-state index contributed by atoms with van der Waals surface area (Å²) in [6.07, 6.45) is 15.1. The summed E-state index contributed by atoms with van der Waals surface area (Å²) in [4.78, 5) is 11.7. The Bertz CT molecular complexity index is 647. The molecule has 0 aromatic carbocycles. The molecule has 0 radical (unpaired) electrons. The van der Waals surface area contributed by atoms with Crippen molar-refractivity contribution in [1.82, 2.24) is 0 Å². The summed E-state index contributed by atoms with van der Waals surface area (Å²) in [6, 6.07) is 0. The van der Waals surface area contributed by atoms with E-state index < -0.39 is 5.60 Å². The van der Waals surface area contributed by atoms with Gasteiger partial charge in [-0.15, -0.1) is 6.42 Å². The molecule has 1 N–H and O–H groups in total. The van der Waals surface area contributed by atoms with Crippen molar-refractivity contribution in [3.8, 4) is 12.3 Å². The number of hydrogen-bond acceptors (Lipinski definition) is 2. The van der Waals surface area contributed by atoms with Crippen LogP contribution in [0.5, 0.6) is 0 Å². The molecular weight excluding hydrogens is 272 g/mol. The van der Waals surface area contributed by atoms with Gasteiger partial charge < -0.3 is 5.11 Å². The van der Waals surface area contributed by atoms with E-state index in [1.165, 1.54) is 11.1 Å². The Morgan fingerprint density at radius 3 is 2.82 bits per heavy atom. The van der Waals surface area contributed by atoms with E-state index in [0.717, 1.165) is 44.9 Å². The molecule has 0 aromatic rings. The molecule has 0 amide bonds. The molecule has 116 valence electrons. The van der Waals surface area contributed by atoms with Crippen LogP contribution in [-0.4, -0.2) is 16.5 Å². The topological polar surface area (TPSA) is 37.3 Å². The Hall–Kier alpha value is -1.33. The molecule has 4 atom stereocenters. The lowest BCUT2D eigenvalue weighted by Gasteiger charge is -2.50. The number of hydrogen-bond donors (Lipinski definition) is 1. The van der Waals surface area contributed by atoms with Gasteiger partial charge in [0.25, 0.3) is 0 Å². The molecule has 0 spiro atoms. The summed E-state index contributed by atoms with van der Waals surface area (Å²) in [5, 5.41) is 10.9. The maximum absolute atomic E-state index is 11.7. The lowest BCUT2D eigenvalue weighted by molar-refractivity contribution is -0.114. The molecule has 2 fully saturated rings. The van der Waals surface area contributed by atoms with Gasteiger partial charge in [0.1, 0.15) is 5.60 Å². The maximum Gasteiger partial charge on any atom is 0.156 e. The molecular formula is C20H24O2. The van der Waals surface area contributed by atoms with Crippen molar-refractivity contribution in [3.05, 3.63) is 22.8 Å². The smallest absolute Gasteiger partial charge is 0.156 e. The number of rotatable bonds is 0. The molecule has 0 saturated heterocycles. The van der Waals surface area contributed by atoms with Gasteiger partial charge in [-0.25, -0.2) is 0 Å². The average molecular weight is 296 g/mol. The van der Waals surface area contributed by atoms with E-state index >= 15 is 0 Å². The first-order valence-electron chi connectivity index (χ1n) is 8.64. The quantitative estimate of drug-likeness (QED) is 0.694. The number of terminal acetylenes is 1. The minimum absolute atomic E-state index is 0.137. The van der Waals surface area contributed by atoms with Crippen LogP contribution in [0.25, 0.3) is 0 Å². The molecule has 0 bridgehead atoms. The molecule has 4 rings (SSSR count). The largest absolute Gasteiger partial charge is 0.377 e. The standard InChI is InChI=1S/C20H24O2/c1-3-20(22)11-9-18-17-6-4-13-12-14(21)5-7-15(13)16(17)8-10-19(18,20)2/h1,12,17-18,22H,4-11H2,2H3/t17-,18+,19+,20-/m1/s1. The van der Waals surface area contributed by atoms with Crippen LogP contribution in [0.1, 0.15) is 58.3 Å². The second-order valence-electron chi connectivity index (χ2n) is 7.85. The third-order valence-corrected chi connectivity index (χ3v) is 7.12. The van der Waals surface area contributed by atoms with Gasteiger partial charge in [0, 0.05) is 11.8 Å². The molecule has 22 heavy (non-hydrogen) atoms. The van der Waals surface area contributed by atoms with Gasteiger partial charge >= 0.3 is 0 Å². The number of allylic oxidation sites excluding steroid dienone is 4. The Balaban J connectivity index is 1.75. The van der Waals surface area contributed by atoms with Crippen LogP contribution in [0.15, 0.2) is 22.8 Å². The first kappa shape index (κ1) is 14.3. The van der Waals surface area contributed by atoms with Crippen molar-refractivity contribution in [2.24, 2.45) is 17.3 Å². The second kappa shape index (κ2) is 4.59. The van der Waals surface area contributed by atoms with Crippen molar-refractivity contribution in [1.29, 1.82) is 0 Å². The van der Waals surface area contributed by atoms with Gasteiger partial charge in [-0.05, 0) is 74.0 Å². The van der Waals surface area contributed by atoms with Crippen LogP contribution in [0.2, 0.25) is 0 Å². The number of aliphatic hydroxyl groups is 1. The fraction of sp³-hybridized carbons (Fsp3) is 0.650. The van der Waals surface area contributed by atoms with E-state index in [4.69, 9.17) is 6.42 Å². The highest BCUT2D eigenvalue weighted by Crippen LogP contribution is 2.63. The van der Waals surface area contributed by atoms with E-state index in [0.29, 0.717) is 24.0 Å². The molecule has 0 aliphatic heterocycles. The van der Waals surface area contributed by atoms with Crippen LogP contribution in [0.4, 0.5) is 0 Å². The normalized spacial score (nSPS) is 43.9. The molecule has 2 heteroatoms. The summed E-state index contributed by atoms with van der Waals surface area (Å²) < 4.78 is 0. The highest BCUT2D eigenvalue weighted by atomic mass is 16.3. The Labute approximate surface area is 132 Å². The van der Waals surface area contributed by atoms with Crippen LogP contribution >= 0.6 is 0 Å². The number of carbonyl (C=O) groups is 1. The molecule has 4 aliphatic rings. The minimum Gasteiger partial charge on any atom is -0.377 e. The fourth-order valence-corrected chi connectivity index (χ4v) is 5.79. The van der Waals surface area contributed by atoms with Gasteiger partial charge in [0.15, 0.2) is 5.78 Å². The van der Waals surface area contributed by atoms with Crippen LogP contribution in [-0.2, 0) is 4.79 Å². The third-order valence-electron chi connectivity index (χ3n) is 7.12. The van der Waals surface area contributed by atoms with Gasteiger partial charge in [0.05, 0.1) is 0 Å². The fourth-order valence-electron chi connectivity index (χ4n) is 5.79. The summed E-state index contributed by atoms with van der Waals surface area (Å²) in [6.45, 7) is 2.21. The summed E-state index contributed by atoms with van der Waals surface area (Å²) in [7, 11) is 0. The third kappa shape index (κ3) is 1.69. The zero-order valence-corrected chi connectivity index (χ0v) is 13.3. The van der Waals surface area contributed by atoms with E-state index in [9.17, 15) is 9.90 Å². The zero-order chi connectivity index (χ0) is 15.5. The van der Waals surface area contributed by atoms with Gasteiger partial charge in [-0.3, -0.25) is 4.79 Å². The number of carbonyl (C=O) groups excluding carboxylic acids is 1. The second-order valence-corrected chi connectivity index (χ2v) is 7.85. The lowest BCUT2D eigenvalue weighted by Crippen LogP contribution is -2.48. The van der Waals surface area contributed by atoms with Crippen molar-refractivity contribution < 1.29 is 9.90 Å². The van der Waals surface area contributed by atoms with E-state index in [1.807, 2.05) is 6.08 Å². The Kier molecular flexibility index (Phi) is 2.97. The van der Waals surface area contributed by atoms with E-state index in [2.05, 4.69) is 12.8 Å². The number of ketones is 1. The van der Waals surface area contributed by atoms with Crippen LogP contribution in [0.3, 0.4) is 0 Å². The van der Waals surface area contributed by atoms with E-state index in [-0.39, 0.29) is 5.41 Å². The highest BCUT2D eigenvalue weighted by molar-refractivity contribution is 5.93. The van der Waals surface area contributed by atoms with E-state index in [1.54, 1.807) is 5.57 Å². The number of fused-ring (bicyclic) bond motifs is 4. The monoisotopic (exact) mass is 296 g/mol. The SMILES string of the molecule is C#C[C@@]1(O)CC[C@H]2[C@@H]3CCC4=CC(=O)CCC4=C3CC[C@@]21C. The highest BCUT2D eigenvalue weighted by Gasteiger charge is 2.60. The minimum atomic E-state index is -0.924. The predicted molar refractivity (Wildman–Crippen MR) is 85.9 cm³/mol. The Morgan fingerprint density at radius 2 is 2.05 bits per heavy atom. The Morgan fingerprint density at radius 1 is 1.23 bits per heavy atom. The van der Waals surface area contributed by atoms with Crippen molar-refractivity contribution in [2.45, 2.75) is 63.9 Å². The molecule has 2 saturated carbocycles. The van der Waals surface area contributed by atoms with Crippen LogP contribution in [0, 0.1) is 29.6 Å². The molecule has 2 nitrogen and oxygen atoms in total. The van der Waals surface area contributed by atoms with Crippen molar-refractivity contribution >= 4 is 5.78 Å². The molecule has 0 unspecified atom stereocenters. The first-order chi connectivity index (χ1) is 10.5.